The van der Waals surface area contributed by atoms with Gasteiger partial charge in [0.15, 0.2) is 0 Å². The maximum absolute atomic E-state index is 2.75. The highest BCUT2D eigenvalue weighted by Gasteiger charge is 2.68. The first-order chi connectivity index (χ1) is 28.2. The molecule has 4 fully saturated rings. The minimum Gasteiger partial charge on any atom is -0.310 e. The lowest BCUT2D eigenvalue weighted by Gasteiger charge is -2.47. The molecule has 6 aromatic rings. The van der Waals surface area contributed by atoms with E-state index >= 15 is 0 Å². The van der Waals surface area contributed by atoms with Crippen molar-refractivity contribution in [1.82, 2.24) is 0 Å². The molecule has 0 radical (unpaired) electrons. The van der Waals surface area contributed by atoms with Gasteiger partial charge in [0.25, 0.3) is 0 Å². The SMILES string of the molecule is CC1(C)CCC(C)(C)c2cc(N(c3ccc(-c4ccc5ccccc5c4)cc3)c3cc4c(cc3-c3ccccc3)C3C=CC=CC3C43C4CC5CC(C4)C3C5)ccc21. The lowest BCUT2D eigenvalue weighted by Crippen LogP contribution is -2.44. The second-order valence-corrected chi connectivity index (χ2v) is 20.4. The summed E-state index contributed by atoms with van der Waals surface area (Å²) in [6, 6.07) is 49.3. The average Bonchev–Trinajstić information content (AvgIpc) is 3.79. The first-order valence-corrected chi connectivity index (χ1v) is 22.3. The fraction of sp³-hybridized carbons (Fsp3) is 0.333. The summed E-state index contributed by atoms with van der Waals surface area (Å²) < 4.78 is 0. The molecule has 7 unspecified atom stereocenters. The molecule has 288 valence electrons. The van der Waals surface area contributed by atoms with Gasteiger partial charge in [-0.3, -0.25) is 0 Å². The van der Waals surface area contributed by atoms with Crippen molar-refractivity contribution in [2.24, 2.45) is 29.6 Å². The van der Waals surface area contributed by atoms with Crippen molar-refractivity contribution < 1.29 is 0 Å². The number of hydrogen-bond acceptors (Lipinski definition) is 1. The van der Waals surface area contributed by atoms with Crippen molar-refractivity contribution >= 4 is 27.8 Å². The molecule has 1 nitrogen and oxygen atoms in total. The zero-order valence-corrected chi connectivity index (χ0v) is 34.6. The second-order valence-electron chi connectivity index (χ2n) is 20.4. The third-order valence-corrected chi connectivity index (χ3v) is 16.6. The molecule has 58 heavy (non-hydrogen) atoms. The molecule has 0 saturated heterocycles. The van der Waals surface area contributed by atoms with Gasteiger partial charge in [-0.05, 0) is 171 Å². The summed E-state index contributed by atoms with van der Waals surface area (Å²) in [6.07, 6.45) is 18.0. The summed E-state index contributed by atoms with van der Waals surface area (Å²) in [4.78, 5) is 2.65. The molecule has 4 bridgehead atoms. The van der Waals surface area contributed by atoms with Crippen LogP contribution in [0.25, 0.3) is 33.0 Å². The van der Waals surface area contributed by atoms with Gasteiger partial charge in [0.05, 0.1) is 5.69 Å². The summed E-state index contributed by atoms with van der Waals surface area (Å²) in [7, 11) is 0. The standard InChI is InChI=1S/C57H55N/c1-55(2)26-27-56(3,4)53-33-45(24-25-50(53)55)58(44-22-20-38(21-23-44)41-19-18-37-12-8-9-15-40(37)31-41)54-35-52-48(34-47(54)39-13-6-5-7-14-39)46-16-10-11-17-49(46)57(52)43-29-36-28-42(32-43)51(57)30-36/h5-25,31,33-36,42-43,46,49,51H,26-30,32H2,1-4H3. The summed E-state index contributed by atoms with van der Waals surface area (Å²) in [5.41, 5.74) is 15.7. The van der Waals surface area contributed by atoms with Crippen molar-refractivity contribution in [2.75, 3.05) is 4.90 Å². The van der Waals surface area contributed by atoms with Gasteiger partial charge < -0.3 is 4.90 Å². The van der Waals surface area contributed by atoms with E-state index in [1.54, 1.807) is 11.1 Å². The summed E-state index contributed by atoms with van der Waals surface area (Å²) in [6.45, 7) is 9.83. The molecule has 0 heterocycles. The van der Waals surface area contributed by atoms with E-state index in [4.69, 9.17) is 0 Å². The summed E-state index contributed by atoms with van der Waals surface area (Å²) >= 11 is 0. The maximum atomic E-state index is 2.75. The normalized spacial score (nSPS) is 28.8. The second kappa shape index (κ2) is 12.4. The molecule has 4 saturated carbocycles. The van der Waals surface area contributed by atoms with Gasteiger partial charge in [-0.2, -0.15) is 0 Å². The lowest BCUT2D eigenvalue weighted by atomic mass is 9.56. The highest BCUT2D eigenvalue weighted by atomic mass is 15.1. The quantitative estimate of drug-likeness (QED) is 0.169. The van der Waals surface area contributed by atoms with Crippen LogP contribution in [-0.4, -0.2) is 0 Å². The number of benzene rings is 6. The average molecular weight is 754 g/mol. The lowest BCUT2D eigenvalue weighted by molar-refractivity contribution is 0.114. The minimum atomic E-state index is 0.104. The van der Waals surface area contributed by atoms with Gasteiger partial charge >= 0.3 is 0 Å². The molecule has 6 aromatic carbocycles. The van der Waals surface area contributed by atoms with Crippen molar-refractivity contribution in [3.05, 3.63) is 174 Å². The van der Waals surface area contributed by atoms with Crippen molar-refractivity contribution in [3.63, 3.8) is 0 Å². The van der Waals surface area contributed by atoms with Crippen LogP contribution in [0.2, 0.25) is 0 Å². The van der Waals surface area contributed by atoms with Crippen LogP contribution >= 0.6 is 0 Å². The van der Waals surface area contributed by atoms with E-state index in [9.17, 15) is 0 Å². The highest BCUT2D eigenvalue weighted by molar-refractivity contribution is 5.91. The molecule has 7 aliphatic rings. The van der Waals surface area contributed by atoms with Crippen LogP contribution in [0, 0.1) is 29.6 Å². The van der Waals surface area contributed by atoms with E-state index < -0.39 is 0 Å². The molecule has 0 aliphatic heterocycles. The van der Waals surface area contributed by atoms with Crippen LogP contribution in [0.1, 0.15) is 94.4 Å². The van der Waals surface area contributed by atoms with Gasteiger partial charge in [-0.25, -0.2) is 0 Å². The van der Waals surface area contributed by atoms with Gasteiger partial charge in [-0.15, -0.1) is 0 Å². The number of rotatable bonds is 5. The van der Waals surface area contributed by atoms with Crippen molar-refractivity contribution in [2.45, 2.75) is 88.4 Å². The van der Waals surface area contributed by atoms with Crippen LogP contribution in [0.15, 0.2) is 152 Å². The van der Waals surface area contributed by atoms with Gasteiger partial charge in [0.1, 0.15) is 0 Å². The molecule has 7 atom stereocenters. The molecular weight excluding hydrogens is 699 g/mol. The number of nitrogens with zero attached hydrogens (tertiary/aromatic N) is 1. The Morgan fingerprint density at radius 2 is 1.26 bits per heavy atom. The van der Waals surface area contributed by atoms with Crippen LogP contribution in [-0.2, 0) is 16.2 Å². The van der Waals surface area contributed by atoms with Crippen molar-refractivity contribution in [3.8, 4) is 22.3 Å². The van der Waals surface area contributed by atoms with E-state index in [-0.39, 0.29) is 16.2 Å². The van der Waals surface area contributed by atoms with E-state index in [2.05, 4.69) is 184 Å². The van der Waals surface area contributed by atoms with Crippen molar-refractivity contribution in [1.29, 1.82) is 0 Å². The van der Waals surface area contributed by atoms with Gasteiger partial charge in [0.2, 0.25) is 0 Å². The molecule has 1 heteroatoms. The minimum absolute atomic E-state index is 0.104. The van der Waals surface area contributed by atoms with E-state index in [1.165, 1.54) is 99.7 Å². The van der Waals surface area contributed by atoms with Crippen LogP contribution in [0.4, 0.5) is 17.1 Å². The third-order valence-electron chi connectivity index (χ3n) is 16.6. The summed E-state index contributed by atoms with van der Waals surface area (Å²) in [5, 5.41) is 2.56. The van der Waals surface area contributed by atoms with Crippen LogP contribution in [0.5, 0.6) is 0 Å². The smallest absolute Gasteiger partial charge is 0.0543 e. The number of anilines is 3. The molecule has 0 aromatic heterocycles. The number of allylic oxidation sites excluding steroid dienone is 4. The van der Waals surface area contributed by atoms with Gasteiger partial charge in [-0.1, -0.05) is 137 Å². The molecule has 13 rings (SSSR count). The predicted octanol–water partition coefficient (Wildman–Crippen LogP) is 15.1. The van der Waals surface area contributed by atoms with E-state index in [0.29, 0.717) is 11.8 Å². The summed E-state index contributed by atoms with van der Waals surface area (Å²) in [5.74, 6) is 4.38. The molecule has 0 amide bonds. The first kappa shape index (κ1) is 34.9. The van der Waals surface area contributed by atoms with Crippen LogP contribution < -0.4 is 4.90 Å². The molecule has 0 N–H and O–H groups in total. The molecular formula is C57H55N. The Kier molecular flexibility index (Phi) is 7.47. The Bertz CT molecular complexity index is 2670. The largest absolute Gasteiger partial charge is 0.310 e. The third kappa shape index (κ3) is 4.95. The highest BCUT2D eigenvalue weighted by Crippen LogP contribution is 2.75. The Morgan fingerprint density at radius 1 is 0.534 bits per heavy atom. The Balaban J connectivity index is 1.10. The zero-order valence-electron chi connectivity index (χ0n) is 34.6. The monoisotopic (exact) mass is 753 g/mol. The molecule has 1 spiro atoms. The fourth-order valence-electron chi connectivity index (χ4n) is 13.9. The van der Waals surface area contributed by atoms with E-state index in [0.717, 1.165) is 23.7 Å². The predicted molar refractivity (Wildman–Crippen MR) is 243 cm³/mol. The molecule has 7 aliphatic carbocycles. The fourth-order valence-corrected chi connectivity index (χ4v) is 13.9. The maximum Gasteiger partial charge on any atom is 0.0543 e. The Morgan fingerprint density at radius 3 is 2.07 bits per heavy atom. The first-order valence-electron chi connectivity index (χ1n) is 22.3. The number of hydrogen-bond donors (Lipinski definition) is 0. The van der Waals surface area contributed by atoms with Gasteiger partial charge in [0, 0.05) is 28.3 Å². The Hall–Kier alpha value is -5.14. The van der Waals surface area contributed by atoms with E-state index in [1.807, 2.05) is 0 Å². The zero-order chi connectivity index (χ0) is 39.0. The number of fused-ring (bicyclic) bond motifs is 5. The topological polar surface area (TPSA) is 3.24 Å². The van der Waals surface area contributed by atoms with Crippen LogP contribution in [0.3, 0.4) is 0 Å². The Labute approximate surface area is 345 Å².